The second-order valence-corrected chi connectivity index (χ2v) is 17.7. The topological polar surface area (TPSA) is 222 Å². The lowest BCUT2D eigenvalue weighted by Gasteiger charge is -2.28. The van der Waals surface area contributed by atoms with Gasteiger partial charge in [-0.05, 0) is 90.4 Å². The van der Waals surface area contributed by atoms with Crippen molar-refractivity contribution in [3.05, 3.63) is 73.9 Å². The van der Waals surface area contributed by atoms with Gasteiger partial charge in [0.1, 0.15) is 26.4 Å². The van der Waals surface area contributed by atoms with Crippen LogP contribution in [-0.2, 0) is 71.5 Å². The number of esters is 7. The molecular formula is C57H99NO16. The Bertz CT molecular complexity index is 1620. The van der Waals surface area contributed by atoms with E-state index in [-0.39, 0.29) is 89.5 Å². The second-order valence-electron chi connectivity index (χ2n) is 17.7. The molecule has 1 amide bonds. The number of carbonyl (C=O) groups is 8. The van der Waals surface area contributed by atoms with Gasteiger partial charge in [-0.15, -0.1) is 0 Å². The molecule has 0 rings (SSSR count). The maximum Gasteiger partial charge on any atom is 0.407 e. The monoisotopic (exact) mass is 1050 g/mol. The zero-order valence-corrected chi connectivity index (χ0v) is 44.2. The molecule has 1 unspecified atom stereocenters. The van der Waals surface area contributed by atoms with Crippen molar-refractivity contribution in [3.8, 4) is 0 Å². The largest absolute Gasteiger partial charge is 0.463 e. The summed E-state index contributed by atoms with van der Waals surface area (Å²) in [6, 6.07) is 0. The van der Waals surface area contributed by atoms with Crippen molar-refractivity contribution in [2.24, 2.45) is 11.3 Å². The summed E-state index contributed by atoms with van der Waals surface area (Å²) in [7, 11) is 0. The minimum Gasteiger partial charge on any atom is -0.463 e. The van der Waals surface area contributed by atoms with Crippen molar-refractivity contribution in [1.82, 2.24) is 5.32 Å². The van der Waals surface area contributed by atoms with Crippen molar-refractivity contribution in [3.63, 3.8) is 0 Å². The van der Waals surface area contributed by atoms with Gasteiger partial charge in [0.15, 0.2) is 0 Å². The van der Waals surface area contributed by atoms with Gasteiger partial charge in [-0.1, -0.05) is 127 Å². The molecule has 0 saturated heterocycles. The van der Waals surface area contributed by atoms with Gasteiger partial charge in [0.2, 0.25) is 0 Å². The van der Waals surface area contributed by atoms with Crippen LogP contribution in [0.25, 0.3) is 0 Å². The van der Waals surface area contributed by atoms with Gasteiger partial charge in [0.05, 0.1) is 26.4 Å². The first kappa shape index (κ1) is 79.4. The second kappa shape index (κ2) is 51.9. The van der Waals surface area contributed by atoms with Crippen molar-refractivity contribution in [1.29, 1.82) is 0 Å². The highest BCUT2D eigenvalue weighted by Gasteiger charge is 2.23. The summed E-state index contributed by atoms with van der Waals surface area (Å²) in [5.41, 5.74) is 1.32. The maximum atomic E-state index is 11.8. The number of rotatable bonds is 38. The molecule has 0 heterocycles. The van der Waals surface area contributed by atoms with Gasteiger partial charge >= 0.3 is 47.9 Å². The van der Waals surface area contributed by atoms with Crippen molar-refractivity contribution in [2.75, 3.05) is 59.4 Å². The van der Waals surface area contributed by atoms with Gasteiger partial charge < -0.3 is 43.2 Å². The third-order valence-corrected chi connectivity index (χ3v) is 9.58. The first-order valence-electron chi connectivity index (χ1n) is 24.4. The number of amides is 1. The number of nitrogens with one attached hydrogen (secondary N) is 1. The number of hydrogen-bond acceptors (Lipinski definition) is 16. The Hall–Kier alpha value is -6.00. The Morgan fingerprint density at radius 1 is 0.446 bits per heavy atom. The summed E-state index contributed by atoms with van der Waals surface area (Å²) in [6.07, 6.45) is 16.6. The summed E-state index contributed by atoms with van der Waals surface area (Å²) in [5.74, 6) is -2.39. The van der Waals surface area contributed by atoms with E-state index in [2.05, 4.69) is 51.7 Å². The van der Waals surface area contributed by atoms with Gasteiger partial charge in [0, 0.05) is 47.4 Å². The lowest BCUT2D eigenvalue weighted by Crippen LogP contribution is -2.35. The molecule has 1 N–H and O–H groups in total. The van der Waals surface area contributed by atoms with E-state index in [0.29, 0.717) is 68.5 Å². The minimum absolute atomic E-state index is 0. The van der Waals surface area contributed by atoms with Crippen molar-refractivity contribution in [2.45, 2.75) is 173 Å². The Kier molecular flexibility index (Phi) is 55.7. The van der Waals surface area contributed by atoms with E-state index in [0.717, 1.165) is 89.2 Å². The van der Waals surface area contributed by atoms with E-state index in [1.807, 2.05) is 13.8 Å². The van der Waals surface area contributed by atoms with E-state index in [1.165, 1.54) is 19.8 Å². The fraction of sp³-hybridized carbons (Fsp3) is 0.649. The molecule has 428 valence electrons. The van der Waals surface area contributed by atoms with Crippen LogP contribution in [0.15, 0.2) is 73.9 Å². The van der Waals surface area contributed by atoms with Crippen LogP contribution in [0.1, 0.15) is 173 Å². The van der Waals surface area contributed by atoms with E-state index in [1.54, 1.807) is 20.8 Å². The highest BCUT2D eigenvalue weighted by molar-refractivity contribution is 5.88. The quantitative estimate of drug-likeness (QED) is 0.0263. The molecule has 0 spiro atoms. The van der Waals surface area contributed by atoms with Crippen LogP contribution in [0.3, 0.4) is 0 Å². The number of hydrogen-bond donors (Lipinski definition) is 1. The van der Waals surface area contributed by atoms with E-state index in [4.69, 9.17) is 37.9 Å². The predicted molar refractivity (Wildman–Crippen MR) is 293 cm³/mol. The fourth-order valence-corrected chi connectivity index (χ4v) is 5.81. The molecule has 0 aromatic heterocycles. The SMILES string of the molecule is C.C.C.C=C(C)C(=O)OCCCCCCCCCCOC(=O)C(=C)C.C=C(C)C(=O)OCCOC(=O)CCCC(C)CC(C)(C)CNC(=O)OCCOC(=O)C(=C)C.C=CC(=O)OCCCCCCOC(=O)C=C. The molecule has 0 aromatic carbocycles. The Morgan fingerprint density at radius 2 is 0.743 bits per heavy atom. The maximum absolute atomic E-state index is 11.8. The number of ether oxygens (including phenoxy) is 8. The lowest BCUT2D eigenvalue weighted by molar-refractivity contribution is -0.150. The summed E-state index contributed by atoms with van der Waals surface area (Å²) in [6.45, 7) is 35.4. The number of alkyl carbamates (subject to hydrolysis) is 1. The predicted octanol–water partition coefficient (Wildman–Crippen LogP) is 12.0. The van der Waals surface area contributed by atoms with Crippen LogP contribution in [0, 0.1) is 11.3 Å². The van der Waals surface area contributed by atoms with Crippen LogP contribution in [0.4, 0.5) is 4.79 Å². The first-order chi connectivity index (χ1) is 33.5. The van der Waals surface area contributed by atoms with E-state index >= 15 is 0 Å². The molecule has 0 aliphatic rings. The molecule has 0 aromatic rings. The fourth-order valence-electron chi connectivity index (χ4n) is 5.81. The molecule has 0 bridgehead atoms. The third kappa shape index (κ3) is 55.3. The van der Waals surface area contributed by atoms with Crippen molar-refractivity contribution >= 4 is 47.9 Å². The summed E-state index contributed by atoms with van der Waals surface area (Å²) in [4.78, 5) is 89.6. The Morgan fingerprint density at radius 3 is 1.08 bits per heavy atom. The molecular weight excluding hydrogens is 955 g/mol. The van der Waals surface area contributed by atoms with E-state index < -0.39 is 18.0 Å². The van der Waals surface area contributed by atoms with Crippen LogP contribution in [0.5, 0.6) is 0 Å². The van der Waals surface area contributed by atoms with Gasteiger partial charge in [0.25, 0.3) is 0 Å². The molecule has 0 aliphatic heterocycles. The summed E-state index contributed by atoms with van der Waals surface area (Å²) in [5, 5.41) is 2.72. The number of unbranched alkanes of at least 4 members (excludes halogenated alkanes) is 10. The molecule has 0 aliphatic carbocycles. The first-order valence-corrected chi connectivity index (χ1v) is 24.4. The van der Waals surface area contributed by atoms with Crippen molar-refractivity contribution < 1.29 is 76.3 Å². The van der Waals surface area contributed by atoms with Gasteiger partial charge in [-0.25, -0.2) is 33.6 Å². The average molecular weight is 1050 g/mol. The van der Waals surface area contributed by atoms with E-state index in [9.17, 15) is 38.4 Å². The standard InChI is InChI=1S/C24H39NO8.C18H30O4.C12H18O4.3CH4/c1-17(2)21(27)31-12-11-30-20(26)10-8-9-19(5)15-24(6,7)16-25-23(29)33-14-13-32-22(28)18(3)4;1-15(2)17(19)21-13-11-9-7-5-6-8-10-12-14-22-18(20)16(3)4;1-3-11(13)15-9-7-5-6-8-10-16-12(14)4-2;;;/h19H,1,3,8-16H2,2,4-7H3,(H,25,29);1,3,5-14H2,2,4H3;3-4H,1-2,5-10H2;3*1H4. The normalized spacial score (nSPS) is 10.2. The zero-order valence-electron chi connectivity index (χ0n) is 44.2. The minimum atomic E-state index is -0.571. The molecule has 1 atom stereocenters. The molecule has 0 radical (unpaired) electrons. The Balaban J connectivity index is -0.000000245. The highest BCUT2D eigenvalue weighted by Crippen LogP contribution is 2.27. The third-order valence-electron chi connectivity index (χ3n) is 9.58. The summed E-state index contributed by atoms with van der Waals surface area (Å²) >= 11 is 0. The lowest BCUT2D eigenvalue weighted by atomic mass is 9.81. The smallest absolute Gasteiger partial charge is 0.407 e. The molecule has 17 heteroatoms. The van der Waals surface area contributed by atoms with Crippen LogP contribution >= 0.6 is 0 Å². The molecule has 74 heavy (non-hydrogen) atoms. The van der Waals surface area contributed by atoms with Crippen LogP contribution in [0.2, 0.25) is 0 Å². The molecule has 17 nitrogen and oxygen atoms in total. The van der Waals surface area contributed by atoms with Crippen LogP contribution in [-0.4, -0.2) is 107 Å². The Labute approximate surface area is 446 Å². The number of carbonyl (C=O) groups excluding carboxylic acids is 8. The average Bonchev–Trinajstić information content (AvgIpc) is 3.31. The van der Waals surface area contributed by atoms with Gasteiger partial charge in [-0.3, -0.25) is 4.79 Å². The molecule has 0 fully saturated rings. The molecule has 0 saturated carbocycles. The van der Waals surface area contributed by atoms with Crippen LogP contribution < -0.4 is 5.32 Å². The van der Waals surface area contributed by atoms with Gasteiger partial charge in [-0.2, -0.15) is 0 Å². The highest BCUT2D eigenvalue weighted by atomic mass is 16.6. The zero-order chi connectivity index (χ0) is 54.5. The summed E-state index contributed by atoms with van der Waals surface area (Å²) < 4.78 is 39.4.